The molecule has 0 aromatic carbocycles. The molecule has 0 rings (SSSR count). The van der Waals surface area contributed by atoms with Crippen LogP contribution in [0.25, 0.3) is 0 Å². The standard InChI is InChI=1S/C11H22N2OS/c1-5-9(4)13(7-6-10(12)15)11(14)8(2)3/h8-9H,5-7H2,1-4H3,(H2,12,15). The zero-order valence-electron chi connectivity index (χ0n) is 10.1. The quantitative estimate of drug-likeness (QED) is 0.709. The summed E-state index contributed by atoms with van der Waals surface area (Å²) in [5, 5.41) is 0. The van der Waals surface area contributed by atoms with Gasteiger partial charge in [-0.25, -0.2) is 0 Å². The van der Waals surface area contributed by atoms with Crippen molar-refractivity contribution in [2.24, 2.45) is 11.7 Å². The number of hydrogen-bond acceptors (Lipinski definition) is 2. The Kier molecular flexibility index (Phi) is 6.48. The Labute approximate surface area is 98.0 Å². The van der Waals surface area contributed by atoms with Gasteiger partial charge >= 0.3 is 0 Å². The van der Waals surface area contributed by atoms with Gasteiger partial charge in [0.25, 0.3) is 0 Å². The van der Waals surface area contributed by atoms with Crippen molar-refractivity contribution < 1.29 is 4.79 Å². The van der Waals surface area contributed by atoms with Crippen LogP contribution < -0.4 is 5.73 Å². The Morgan fingerprint density at radius 3 is 2.27 bits per heavy atom. The molecule has 0 heterocycles. The lowest BCUT2D eigenvalue weighted by Gasteiger charge is -2.30. The van der Waals surface area contributed by atoms with Gasteiger partial charge in [-0.3, -0.25) is 4.79 Å². The van der Waals surface area contributed by atoms with Crippen LogP contribution in [0.5, 0.6) is 0 Å². The van der Waals surface area contributed by atoms with E-state index in [2.05, 4.69) is 13.8 Å². The summed E-state index contributed by atoms with van der Waals surface area (Å²) in [6.07, 6.45) is 1.56. The van der Waals surface area contributed by atoms with E-state index >= 15 is 0 Å². The van der Waals surface area contributed by atoms with E-state index in [-0.39, 0.29) is 17.9 Å². The summed E-state index contributed by atoms with van der Waals surface area (Å²) >= 11 is 4.83. The maximum atomic E-state index is 11.9. The average molecular weight is 230 g/mol. The molecule has 0 saturated carbocycles. The first-order valence-electron chi connectivity index (χ1n) is 5.48. The molecule has 0 fully saturated rings. The molecule has 1 atom stereocenters. The number of amides is 1. The molecule has 88 valence electrons. The lowest BCUT2D eigenvalue weighted by atomic mass is 10.1. The Balaban J connectivity index is 4.44. The third kappa shape index (κ3) is 5.11. The second-order valence-corrected chi connectivity index (χ2v) is 4.68. The number of nitrogens with zero attached hydrogens (tertiary/aromatic N) is 1. The van der Waals surface area contributed by atoms with E-state index in [0.29, 0.717) is 18.0 Å². The van der Waals surface area contributed by atoms with Crippen molar-refractivity contribution in [2.45, 2.75) is 46.6 Å². The van der Waals surface area contributed by atoms with Crippen molar-refractivity contribution in [3.63, 3.8) is 0 Å². The van der Waals surface area contributed by atoms with Crippen molar-refractivity contribution in [1.82, 2.24) is 4.90 Å². The SMILES string of the molecule is CCC(C)N(CCC(N)=S)C(=O)C(C)C. The second-order valence-electron chi connectivity index (χ2n) is 4.16. The summed E-state index contributed by atoms with van der Waals surface area (Å²) < 4.78 is 0. The third-order valence-electron chi connectivity index (χ3n) is 2.50. The van der Waals surface area contributed by atoms with Crippen LogP contribution in [0.15, 0.2) is 0 Å². The summed E-state index contributed by atoms with van der Waals surface area (Å²) in [6.45, 7) is 8.60. The van der Waals surface area contributed by atoms with E-state index < -0.39 is 0 Å². The Hall–Kier alpha value is -0.640. The van der Waals surface area contributed by atoms with Crippen LogP contribution in [-0.2, 0) is 4.79 Å². The third-order valence-corrected chi connectivity index (χ3v) is 2.70. The van der Waals surface area contributed by atoms with Crippen molar-refractivity contribution in [3.8, 4) is 0 Å². The van der Waals surface area contributed by atoms with E-state index in [9.17, 15) is 4.79 Å². The van der Waals surface area contributed by atoms with Crippen LogP contribution in [0.4, 0.5) is 0 Å². The van der Waals surface area contributed by atoms with Crippen molar-refractivity contribution in [3.05, 3.63) is 0 Å². The van der Waals surface area contributed by atoms with Gasteiger partial charge < -0.3 is 10.6 Å². The number of hydrogen-bond donors (Lipinski definition) is 1. The van der Waals surface area contributed by atoms with Crippen LogP contribution in [0.2, 0.25) is 0 Å². The predicted molar refractivity (Wildman–Crippen MR) is 67.7 cm³/mol. The summed E-state index contributed by atoms with van der Waals surface area (Å²) in [5.74, 6) is 0.214. The van der Waals surface area contributed by atoms with Gasteiger partial charge in [-0.1, -0.05) is 33.0 Å². The first kappa shape index (κ1) is 14.4. The normalized spacial score (nSPS) is 12.6. The molecule has 0 aromatic heterocycles. The van der Waals surface area contributed by atoms with Gasteiger partial charge in [0.1, 0.15) is 0 Å². The van der Waals surface area contributed by atoms with Gasteiger partial charge in [0.15, 0.2) is 0 Å². The molecule has 1 unspecified atom stereocenters. The summed E-state index contributed by atoms with van der Waals surface area (Å²) in [6, 6.07) is 0.259. The average Bonchev–Trinajstić information content (AvgIpc) is 2.16. The van der Waals surface area contributed by atoms with Gasteiger partial charge in [-0.05, 0) is 13.3 Å². The highest BCUT2D eigenvalue weighted by molar-refractivity contribution is 7.80. The smallest absolute Gasteiger partial charge is 0.225 e. The maximum Gasteiger partial charge on any atom is 0.225 e. The molecule has 0 aliphatic rings. The second kappa shape index (κ2) is 6.77. The molecule has 0 bridgehead atoms. The van der Waals surface area contributed by atoms with Gasteiger partial charge in [-0.2, -0.15) is 0 Å². The maximum absolute atomic E-state index is 11.9. The van der Waals surface area contributed by atoms with Crippen LogP contribution >= 0.6 is 12.2 Å². The largest absolute Gasteiger partial charge is 0.393 e. The lowest BCUT2D eigenvalue weighted by molar-refractivity contribution is -0.136. The molecule has 0 aliphatic heterocycles. The van der Waals surface area contributed by atoms with E-state index in [4.69, 9.17) is 18.0 Å². The fourth-order valence-electron chi connectivity index (χ4n) is 1.33. The van der Waals surface area contributed by atoms with Gasteiger partial charge in [0.2, 0.25) is 5.91 Å². The van der Waals surface area contributed by atoms with Crippen LogP contribution in [0, 0.1) is 5.92 Å². The molecule has 0 radical (unpaired) electrons. The monoisotopic (exact) mass is 230 g/mol. The van der Waals surface area contributed by atoms with Crippen molar-refractivity contribution in [1.29, 1.82) is 0 Å². The fraction of sp³-hybridized carbons (Fsp3) is 0.818. The number of rotatable bonds is 6. The Morgan fingerprint density at radius 1 is 1.40 bits per heavy atom. The molecule has 0 aliphatic carbocycles. The topological polar surface area (TPSA) is 46.3 Å². The van der Waals surface area contributed by atoms with Gasteiger partial charge in [0, 0.05) is 24.9 Å². The van der Waals surface area contributed by atoms with Crippen molar-refractivity contribution in [2.75, 3.05) is 6.54 Å². The molecule has 4 heteroatoms. The molecular weight excluding hydrogens is 208 g/mol. The number of carbonyl (C=O) groups is 1. The summed E-state index contributed by atoms with van der Waals surface area (Å²) in [7, 11) is 0. The predicted octanol–water partition coefficient (Wildman–Crippen LogP) is 1.95. The highest BCUT2D eigenvalue weighted by Crippen LogP contribution is 2.10. The van der Waals surface area contributed by atoms with Crippen LogP contribution in [-0.4, -0.2) is 28.4 Å². The highest BCUT2D eigenvalue weighted by atomic mass is 32.1. The fourth-order valence-corrected chi connectivity index (χ4v) is 1.42. The number of thiocarbonyl (C=S) groups is 1. The van der Waals surface area contributed by atoms with Gasteiger partial charge in [0.05, 0.1) is 4.99 Å². The molecule has 3 nitrogen and oxygen atoms in total. The molecule has 0 spiro atoms. The summed E-state index contributed by atoms with van der Waals surface area (Å²) in [5.41, 5.74) is 5.45. The molecule has 2 N–H and O–H groups in total. The van der Waals surface area contributed by atoms with Crippen LogP contribution in [0.1, 0.15) is 40.5 Å². The Bertz CT molecular complexity index is 229. The first-order chi connectivity index (χ1) is 6.90. The summed E-state index contributed by atoms with van der Waals surface area (Å²) in [4.78, 5) is 14.2. The van der Waals surface area contributed by atoms with Crippen molar-refractivity contribution >= 4 is 23.1 Å². The van der Waals surface area contributed by atoms with E-state index in [1.54, 1.807) is 0 Å². The molecule has 1 amide bonds. The van der Waals surface area contributed by atoms with Gasteiger partial charge in [-0.15, -0.1) is 0 Å². The minimum Gasteiger partial charge on any atom is -0.393 e. The highest BCUT2D eigenvalue weighted by Gasteiger charge is 2.20. The number of nitrogens with two attached hydrogens (primary N) is 1. The van der Waals surface area contributed by atoms with Crippen LogP contribution in [0.3, 0.4) is 0 Å². The molecular formula is C11H22N2OS. The zero-order valence-corrected chi connectivity index (χ0v) is 10.9. The van der Waals surface area contributed by atoms with E-state index in [1.807, 2.05) is 18.7 Å². The number of carbonyl (C=O) groups excluding carboxylic acids is 1. The molecule has 15 heavy (non-hydrogen) atoms. The zero-order chi connectivity index (χ0) is 12.0. The van der Waals surface area contributed by atoms with E-state index in [0.717, 1.165) is 6.42 Å². The lowest BCUT2D eigenvalue weighted by Crippen LogP contribution is -2.42. The van der Waals surface area contributed by atoms with E-state index in [1.165, 1.54) is 0 Å². The molecule has 0 aromatic rings. The molecule has 0 saturated heterocycles. The Morgan fingerprint density at radius 2 is 1.93 bits per heavy atom. The first-order valence-corrected chi connectivity index (χ1v) is 5.89. The minimum absolute atomic E-state index is 0.0327. The minimum atomic E-state index is 0.0327.